The number of aliphatic hydroxyl groups excluding tert-OH is 1. The molecule has 0 radical (unpaired) electrons. The van der Waals surface area contributed by atoms with Crippen LogP contribution in [0.4, 0.5) is 0 Å². The van der Waals surface area contributed by atoms with Gasteiger partial charge in [-0.3, -0.25) is 33.6 Å². The number of hydrogen-bond acceptors (Lipinski definition) is 26. The molecule has 0 spiro atoms. The van der Waals surface area contributed by atoms with Gasteiger partial charge < -0.3 is 129 Å². The molecule has 0 aliphatic rings. The number of carboxylic acids is 8. The maximum absolute atomic E-state index is 13.5. The summed E-state index contributed by atoms with van der Waals surface area (Å²) in [6.45, 7) is -11.6. The second kappa shape index (κ2) is 45.2. The molecule has 0 aromatic rings. The lowest BCUT2D eigenvalue weighted by atomic mass is 10.0. The van der Waals surface area contributed by atoms with Crippen molar-refractivity contribution >= 4 is 65.9 Å². The van der Waals surface area contributed by atoms with Crippen LogP contribution in [0.2, 0.25) is 0 Å². The molecule has 36 nitrogen and oxygen atoms in total. The second-order valence-corrected chi connectivity index (χ2v) is 18.2. The third-order valence-electron chi connectivity index (χ3n) is 10.8. The Hall–Kier alpha value is -6.23. The fourth-order valence-corrected chi connectivity index (χ4v) is 6.49. The lowest BCUT2D eigenvalue weighted by molar-refractivity contribution is -0.179. The Balaban J connectivity index is 6.89. The Labute approximate surface area is 480 Å². The topological polar surface area (TPSA) is 529 Å². The van der Waals surface area contributed by atoms with Crippen LogP contribution < -0.4 is 21.3 Å². The van der Waals surface area contributed by atoms with Gasteiger partial charge in [0.25, 0.3) is 0 Å². The summed E-state index contributed by atoms with van der Waals surface area (Å²) < 4.78 is 66.8. The zero-order chi connectivity index (χ0) is 63.3. The molecule has 0 saturated heterocycles. The van der Waals surface area contributed by atoms with Crippen molar-refractivity contribution in [1.82, 2.24) is 21.3 Å². The lowest BCUT2D eigenvalue weighted by Crippen LogP contribution is -2.60. The van der Waals surface area contributed by atoms with Crippen LogP contribution in [0.3, 0.4) is 0 Å². The molecule has 0 aliphatic carbocycles. The van der Waals surface area contributed by atoms with Gasteiger partial charge in [0.1, 0.15) is 32.2 Å². The average Bonchev–Trinajstić information content (AvgIpc) is 3.58. The minimum absolute atomic E-state index is 0.0723. The largest absolute Gasteiger partial charge is 0.481 e. The van der Waals surface area contributed by atoms with E-state index in [1.54, 1.807) is 0 Å². The molecule has 84 heavy (non-hydrogen) atoms. The van der Waals surface area contributed by atoms with E-state index in [0.29, 0.717) is 6.29 Å². The van der Waals surface area contributed by atoms with E-state index in [1.807, 2.05) is 0 Å². The number of carboxylic acid groups (broad SMARTS) is 8. The van der Waals surface area contributed by atoms with Gasteiger partial charge in [-0.15, -0.1) is 0 Å². The molecule has 484 valence electrons. The first-order valence-corrected chi connectivity index (χ1v) is 25.8. The van der Waals surface area contributed by atoms with Crippen LogP contribution in [0.5, 0.6) is 0 Å². The smallest absolute Gasteiger partial charge is 0.329 e. The predicted molar refractivity (Wildman–Crippen MR) is 274 cm³/mol. The lowest BCUT2D eigenvalue weighted by Gasteiger charge is -2.36. The quantitative estimate of drug-likeness (QED) is 0.0155. The average molecular weight is 1230 g/mol. The van der Waals surface area contributed by atoms with Gasteiger partial charge in [0.15, 0.2) is 11.4 Å². The molecule has 0 rings (SSSR count). The number of hydrogen-bond donors (Lipinski definition) is 13. The van der Waals surface area contributed by atoms with Gasteiger partial charge in [-0.1, -0.05) is 0 Å². The predicted octanol–water partition coefficient (Wildman–Crippen LogP) is -4.55. The fourth-order valence-electron chi connectivity index (χ4n) is 6.49. The van der Waals surface area contributed by atoms with Crippen LogP contribution in [0.1, 0.15) is 51.4 Å². The molecule has 0 bridgehead atoms. The van der Waals surface area contributed by atoms with Crippen molar-refractivity contribution in [3.63, 3.8) is 0 Å². The van der Waals surface area contributed by atoms with Gasteiger partial charge in [0.2, 0.25) is 11.8 Å². The summed E-state index contributed by atoms with van der Waals surface area (Å²) in [5.41, 5.74) is -7.19. The summed E-state index contributed by atoms with van der Waals surface area (Å²) in [6.07, 6.45) is -4.31. The second-order valence-electron chi connectivity index (χ2n) is 18.2. The number of rotatable bonds is 60. The normalized spacial score (nSPS) is 13.5. The highest BCUT2D eigenvalue weighted by Gasteiger charge is 2.39. The van der Waals surface area contributed by atoms with Crippen LogP contribution in [-0.4, -0.2) is 299 Å². The molecule has 0 aromatic heterocycles. The molecule has 0 saturated carbocycles. The number of ether oxygens (including phenoxy) is 12. The standard InChI is InChI=1S/C48H80N4O32/c1-49-45(24-74-12-3-35(55)51-47(83-22-43(69)70,30-73-11-2-10-53)31-78-16-7-39(61)62,25-75-13-4-36(56)52-48(84-23-44(71)72,32-79-17-8-40(63)64)33-80-18-9-41(65)66)29-82-34(20-54)19-50-46(28-81-21-42(67)68,26-76-14-5-37(57)58)27-77-15-6-38(59)60/h20,34,49-50,53H,2-19,21-33H2,1H3,(H,51,55)(H,52,56)(H,57,58)(H,59,60)(H,61,62)(H,63,64)(H,65,66)(H,67,68)(H,69,70)(H,71,72). The molecule has 0 aromatic carbocycles. The number of likely N-dealkylation sites (N-methyl/N-ethyl adjacent to an activating group) is 1. The van der Waals surface area contributed by atoms with E-state index >= 15 is 0 Å². The summed E-state index contributed by atoms with van der Waals surface area (Å²) in [7, 11) is 1.41. The van der Waals surface area contributed by atoms with Gasteiger partial charge in [-0.05, 0) is 13.5 Å². The van der Waals surface area contributed by atoms with E-state index in [4.69, 9.17) is 82.4 Å². The Morgan fingerprint density at radius 3 is 1.05 bits per heavy atom. The van der Waals surface area contributed by atoms with Crippen LogP contribution in [0, 0.1) is 0 Å². The van der Waals surface area contributed by atoms with Gasteiger partial charge in [0, 0.05) is 19.8 Å². The molecular formula is C48H80N4O32. The number of aliphatic hydroxyl groups is 1. The van der Waals surface area contributed by atoms with E-state index in [-0.39, 0.29) is 39.5 Å². The van der Waals surface area contributed by atoms with Gasteiger partial charge >= 0.3 is 47.8 Å². The summed E-state index contributed by atoms with van der Waals surface area (Å²) in [6, 6.07) is 0. The van der Waals surface area contributed by atoms with E-state index in [1.165, 1.54) is 7.05 Å². The monoisotopic (exact) mass is 1220 g/mol. The van der Waals surface area contributed by atoms with Crippen molar-refractivity contribution in [2.24, 2.45) is 0 Å². The molecule has 0 aliphatic heterocycles. The molecule has 0 fully saturated rings. The van der Waals surface area contributed by atoms with Crippen LogP contribution in [0.25, 0.3) is 0 Å². The summed E-state index contributed by atoms with van der Waals surface area (Å²) in [4.78, 5) is 130. The minimum atomic E-state index is -2.11. The van der Waals surface area contributed by atoms with Crippen molar-refractivity contribution in [3.8, 4) is 0 Å². The van der Waals surface area contributed by atoms with Crippen molar-refractivity contribution < 1.29 is 156 Å². The first-order valence-electron chi connectivity index (χ1n) is 25.8. The van der Waals surface area contributed by atoms with Crippen LogP contribution >= 0.6 is 0 Å². The number of amides is 2. The first kappa shape index (κ1) is 77.8. The molecule has 36 heteroatoms. The van der Waals surface area contributed by atoms with E-state index in [2.05, 4.69) is 21.3 Å². The molecular weight excluding hydrogens is 1140 g/mol. The maximum atomic E-state index is 13.5. The van der Waals surface area contributed by atoms with Gasteiger partial charge in [-0.25, -0.2) is 14.4 Å². The van der Waals surface area contributed by atoms with Crippen LogP contribution in [0.15, 0.2) is 0 Å². The first-order chi connectivity index (χ1) is 39.8. The van der Waals surface area contributed by atoms with E-state index < -0.39 is 252 Å². The number of aliphatic carboxylic acids is 8. The van der Waals surface area contributed by atoms with Crippen molar-refractivity contribution in [1.29, 1.82) is 0 Å². The van der Waals surface area contributed by atoms with Crippen molar-refractivity contribution in [2.75, 3.05) is 159 Å². The summed E-state index contributed by atoms with van der Waals surface area (Å²) >= 11 is 0. The van der Waals surface area contributed by atoms with Crippen molar-refractivity contribution in [3.05, 3.63) is 0 Å². The molecule has 2 amide bonds. The van der Waals surface area contributed by atoms with Gasteiger partial charge in [-0.2, -0.15) is 0 Å². The zero-order valence-corrected chi connectivity index (χ0v) is 46.5. The highest BCUT2D eigenvalue weighted by atomic mass is 16.6. The molecule has 3 atom stereocenters. The number of carbonyl (C=O) groups is 11. The van der Waals surface area contributed by atoms with Gasteiger partial charge in [0.05, 0.1) is 168 Å². The number of nitrogens with one attached hydrogen (secondary N) is 4. The van der Waals surface area contributed by atoms with Crippen molar-refractivity contribution in [2.45, 2.75) is 80.0 Å². The summed E-state index contributed by atoms with van der Waals surface area (Å²) in [5, 5.41) is 93.6. The van der Waals surface area contributed by atoms with E-state index in [9.17, 15) is 73.2 Å². The highest BCUT2D eigenvalue weighted by Crippen LogP contribution is 2.17. The molecule has 3 unspecified atom stereocenters. The summed E-state index contributed by atoms with van der Waals surface area (Å²) in [5.74, 6) is -12.2. The Bertz CT molecular complexity index is 1960. The Morgan fingerprint density at radius 1 is 0.405 bits per heavy atom. The number of aldehydes is 1. The molecule has 0 heterocycles. The fraction of sp³-hybridized carbons (Fsp3) is 0.771. The minimum Gasteiger partial charge on any atom is -0.481 e. The Kier molecular flexibility index (Phi) is 41.8. The van der Waals surface area contributed by atoms with Crippen LogP contribution in [-0.2, 0) is 110 Å². The Morgan fingerprint density at radius 2 is 0.726 bits per heavy atom. The SMILES string of the molecule is CNC(COCCC(=O)NC(COCCCO)(COCCC(=O)O)OCC(=O)O)(COCCC(=O)NC(COCCC(=O)O)(COCCC(=O)O)OCC(=O)O)COC(C=O)CNC(COCCC(=O)O)(COCCC(=O)O)COCC(=O)O. The van der Waals surface area contributed by atoms with E-state index in [0.717, 1.165) is 0 Å². The highest BCUT2D eigenvalue weighted by molar-refractivity contribution is 5.77. The third kappa shape index (κ3) is 40.1. The maximum Gasteiger partial charge on any atom is 0.329 e. The zero-order valence-electron chi connectivity index (χ0n) is 46.5. The number of carbonyl (C=O) groups excluding carboxylic acids is 3. The third-order valence-corrected chi connectivity index (χ3v) is 10.8. The molecule has 13 N–H and O–H groups in total.